The normalized spacial score (nSPS) is 19.0. The van der Waals surface area contributed by atoms with Gasteiger partial charge in [0.15, 0.2) is 15.0 Å². The van der Waals surface area contributed by atoms with Crippen molar-refractivity contribution in [1.82, 2.24) is 20.2 Å². The van der Waals surface area contributed by atoms with E-state index in [9.17, 15) is 18.0 Å². The maximum absolute atomic E-state index is 12.2. The molecule has 0 bridgehead atoms. The second kappa shape index (κ2) is 8.43. The molecule has 24 heavy (non-hydrogen) atoms. The number of thioether (sulfide) groups is 1. The molecule has 0 aromatic carbocycles. The van der Waals surface area contributed by atoms with Gasteiger partial charge in [0.2, 0.25) is 11.8 Å². The van der Waals surface area contributed by atoms with Gasteiger partial charge >= 0.3 is 0 Å². The summed E-state index contributed by atoms with van der Waals surface area (Å²) in [6, 6.07) is 1.33. The van der Waals surface area contributed by atoms with Gasteiger partial charge in [-0.3, -0.25) is 9.59 Å². The van der Waals surface area contributed by atoms with Crippen molar-refractivity contribution in [3.05, 3.63) is 18.5 Å². The Morgan fingerprint density at radius 3 is 2.67 bits per heavy atom. The Bertz CT molecular complexity index is 681. The van der Waals surface area contributed by atoms with Crippen LogP contribution in [0.25, 0.3) is 0 Å². The van der Waals surface area contributed by atoms with Crippen LogP contribution >= 0.6 is 11.8 Å². The van der Waals surface area contributed by atoms with Crippen LogP contribution < -0.4 is 5.32 Å². The molecule has 0 saturated carbocycles. The Morgan fingerprint density at radius 1 is 1.38 bits per heavy atom. The fourth-order valence-corrected chi connectivity index (χ4v) is 4.69. The predicted octanol–water partition coefficient (Wildman–Crippen LogP) is -0.279. The number of nitrogens with zero attached hydrogens (tertiary/aromatic N) is 3. The van der Waals surface area contributed by atoms with E-state index in [1.165, 1.54) is 16.7 Å². The van der Waals surface area contributed by atoms with Gasteiger partial charge in [0.05, 0.1) is 23.8 Å². The lowest BCUT2D eigenvalue weighted by molar-refractivity contribution is -0.134. The minimum Gasteiger partial charge on any atom is -0.351 e. The van der Waals surface area contributed by atoms with Crippen LogP contribution in [0.1, 0.15) is 13.3 Å². The van der Waals surface area contributed by atoms with E-state index in [1.54, 1.807) is 25.4 Å². The number of hydrogen-bond acceptors (Lipinski definition) is 7. The van der Waals surface area contributed by atoms with E-state index in [4.69, 9.17) is 0 Å². The number of aromatic nitrogens is 2. The number of rotatable bonds is 7. The molecule has 0 spiro atoms. The van der Waals surface area contributed by atoms with Crippen LogP contribution in [0.5, 0.6) is 0 Å². The van der Waals surface area contributed by atoms with E-state index in [-0.39, 0.29) is 41.7 Å². The summed E-state index contributed by atoms with van der Waals surface area (Å²) < 4.78 is 22.8. The molecule has 1 saturated heterocycles. The number of hydrogen-bond donors (Lipinski definition) is 1. The minimum absolute atomic E-state index is 0.0278. The topological polar surface area (TPSA) is 109 Å². The summed E-state index contributed by atoms with van der Waals surface area (Å²) in [4.78, 5) is 33.7. The third-order valence-corrected chi connectivity index (χ3v) is 6.16. The van der Waals surface area contributed by atoms with Crippen molar-refractivity contribution >= 4 is 33.4 Å². The van der Waals surface area contributed by atoms with Crippen molar-refractivity contribution in [2.45, 2.75) is 24.5 Å². The summed E-state index contributed by atoms with van der Waals surface area (Å²) >= 11 is 1.21. The second-order valence-corrected chi connectivity index (χ2v) is 8.57. The first kappa shape index (κ1) is 18.7. The molecule has 1 N–H and O–H groups in total. The van der Waals surface area contributed by atoms with E-state index in [0.717, 1.165) is 0 Å². The van der Waals surface area contributed by atoms with Gasteiger partial charge in [0.25, 0.3) is 0 Å². The Labute approximate surface area is 145 Å². The number of likely N-dealkylation sites (N-methyl/N-ethyl adjacent to an activating group) is 1. The van der Waals surface area contributed by atoms with Crippen molar-refractivity contribution in [3.8, 4) is 0 Å². The Hall–Kier alpha value is -1.68. The average Bonchev–Trinajstić information content (AvgIpc) is 2.89. The molecule has 1 aromatic rings. The highest BCUT2D eigenvalue weighted by atomic mass is 32.2. The third-order valence-electron chi connectivity index (χ3n) is 3.53. The molecule has 1 atom stereocenters. The van der Waals surface area contributed by atoms with E-state index >= 15 is 0 Å². The maximum Gasteiger partial charge on any atom is 0.239 e. The maximum atomic E-state index is 12.2. The van der Waals surface area contributed by atoms with Crippen LogP contribution in [0.3, 0.4) is 0 Å². The van der Waals surface area contributed by atoms with Gasteiger partial charge in [0.1, 0.15) is 0 Å². The summed E-state index contributed by atoms with van der Waals surface area (Å²) in [5.74, 6) is -0.317. The van der Waals surface area contributed by atoms with Crippen molar-refractivity contribution in [3.63, 3.8) is 0 Å². The highest BCUT2D eigenvalue weighted by molar-refractivity contribution is 7.99. The van der Waals surface area contributed by atoms with E-state index in [2.05, 4.69) is 15.3 Å². The lowest BCUT2D eigenvalue weighted by Gasteiger charge is -2.21. The number of carbonyl (C=O) groups is 2. The van der Waals surface area contributed by atoms with Gasteiger partial charge in [0, 0.05) is 25.0 Å². The molecule has 1 fully saturated rings. The molecule has 2 amide bonds. The lowest BCUT2D eigenvalue weighted by atomic mass is 10.2. The first-order chi connectivity index (χ1) is 11.4. The van der Waals surface area contributed by atoms with Crippen molar-refractivity contribution in [2.75, 3.05) is 30.3 Å². The monoisotopic (exact) mass is 372 g/mol. The lowest BCUT2D eigenvalue weighted by Crippen LogP contribution is -2.45. The van der Waals surface area contributed by atoms with Gasteiger partial charge in [-0.25, -0.2) is 18.4 Å². The zero-order valence-electron chi connectivity index (χ0n) is 13.3. The standard InChI is InChI=1S/C14H20N4O4S2/c1-2-18(13(20)9-23-14-15-5-3-6-16-14)8-12(19)17-11-4-7-24(21,22)10-11/h3,5-6,11H,2,4,7-10H2,1H3,(H,17,19). The zero-order valence-corrected chi connectivity index (χ0v) is 15.0. The third kappa shape index (κ3) is 5.75. The minimum atomic E-state index is -3.04. The molecular formula is C14H20N4O4S2. The largest absolute Gasteiger partial charge is 0.351 e. The molecule has 1 unspecified atom stereocenters. The first-order valence-corrected chi connectivity index (χ1v) is 10.4. The number of nitrogens with one attached hydrogen (secondary N) is 1. The quantitative estimate of drug-likeness (QED) is 0.518. The molecule has 2 rings (SSSR count). The predicted molar refractivity (Wildman–Crippen MR) is 90.2 cm³/mol. The summed E-state index contributed by atoms with van der Waals surface area (Å²) in [7, 11) is -3.04. The molecule has 0 aliphatic carbocycles. The highest BCUT2D eigenvalue weighted by Crippen LogP contribution is 2.13. The van der Waals surface area contributed by atoms with Gasteiger partial charge in [-0.2, -0.15) is 0 Å². The van der Waals surface area contributed by atoms with Crippen LogP contribution in [0, 0.1) is 0 Å². The van der Waals surface area contributed by atoms with Crippen LogP contribution in [0.4, 0.5) is 0 Å². The molecule has 1 aliphatic heterocycles. The number of sulfone groups is 1. The van der Waals surface area contributed by atoms with Gasteiger partial charge in [-0.1, -0.05) is 11.8 Å². The fourth-order valence-electron chi connectivity index (χ4n) is 2.31. The summed E-state index contributed by atoms with van der Waals surface area (Å²) in [5.41, 5.74) is 0. The van der Waals surface area contributed by atoms with Crippen molar-refractivity contribution in [2.24, 2.45) is 0 Å². The van der Waals surface area contributed by atoms with E-state index in [1.807, 2.05) is 0 Å². The average molecular weight is 372 g/mol. The van der Waals surface area contributed by atoms with Crippen molar-refractivity contribution < 1.29 is 18.0 Å². The van der Waals surface area contributed by atoms with Gasteiger partial charge in [-0.15, -0.1) is 0 Å². The van der Waals surface area contributed by atoms with Gasteiger partial charge in [-0.05, 0) is 19.4 Å². The van der Waals surface area contributed by atoms with E-state index in [0.29, 0.717) is 18.1 Å². The first-order valence-electron chi connectivity index (χ1n) is 7.57. The molecule has 1 aromatic heterocycles. The summed E-state index contributed by atoms with van der Waals surface area (Å²) in [5, 5.41) is 3.19. The molecule has 1 aliphatic rings. The van der Waals surface area contributed by atoms with Crippen LogP contribution in [0.2, 0.25) is 0 Å². The van der Waals surface area contributed by atoms with Gasteiger partial charge < -0.3 is 10.2 Å². The Kier molecular flexibility index (Phi) is 6.55. The zero-order chi connectivity index (χ0) is 17.6. The van der Waals surface area contributed by atoms with Crippen molar-refractivity contribution in [1.29, 1.82) is 0 Å². The molecular weight excluding hydrogens is 352 g/mol. The second-order valence-electron chi connectivity index (χ2n) is 5.40. The number of amides is 2. The smallest absolute Gasteiger partial charge is 0.239 e. The summed E-state index contributed by atoms with van der Waals surface area (Å²) in [6.45, 7) is 2.10. The molecule has 8 nitrogen and oxygen atoms in total. The molecule has 10 heteroatoms. The van der Waals surface area contributed by atoms with Crippen LogP contribution in [-0.4, -0.2) is 71.5 Å². The molecule has 132 valence electrons. The Balaban J connectivity index is 1.80. The highest BCUT2D eigenvalue weighted by Gasteiger charge is 2.29. The fraction of sp³-hybridized carbons (Fsp3) is 0.571. The SMILES string of the molecule is CCN(CC(=O)NC1CCS(=O)(=O)C1)C(=O)CSc1ncccn1. The molecule has 2 heterocycles. The Morgan fingerprint density at radius 2 is 2.08 bits per heavy atom. The van der Waals surface area contributed by atoms with Crippen LogP contribution in [-0.2, 0) is 19.4 Å². The molecule has 0 radical (unpaired) electrons. The van der Waals surface area contributed by atoms with Crippen LogP contribution in [0.15, 0.2) is 23.6 Å². The summed E-state index contributed by atoms with van der Waals surface area (Å²) in [6.07, 6.45) is 3.62. The number of carbonyl (C=O) groups excluding carboxylic acids is 2. The van der Waals surface area contributed by atoms with E-state index < -0.39 is 9.84 Å².